The maximum absolute atomic E-state index is 12.8. The van der Waals surface area contributed by atoms with Crippen LogP contribution in [0.3, 0.4) is 0 Å². The first-order chi connectivity index (χ1) is 9.84. The van der Waals surface area contributed by atoms with Gasteiger partial charge in [-0.3, -0.25) is 9.59 Å². The molecule has 1 fully saturated rings. The molecule has 1 aromatic heterocycles. The smallest absolute Gasteiger partial charge is 0.270 e. The Balaban J connectivity index is 2.27. The first kappa shape index (κ1) is 15.8. The normalized spacial score (nSPS) is 22.1. The lowest BCUT2D eigenvalue weighted by molar-refractivity contribution is 0.0623. The predicted molar refractivity (Wildman–Crippen MR) is 83.8 cm³/mol. The molecule has 1 aromatic rings. The van der Waals surface area contributed by atoms with Gasteiger partial charge in [0.2, 0.25) is 0 Å². The van der Waals surface area contributed by atoms with Crippen LogP contribution < -0.4 is 0 Å². The standard InChI is InChI=1S/C17H26N2O2/c1-10-8-6-7-9-14(10)19(5)17(21)16-11(2)15(13(4)20)12(3)18-16/h10,14,18H,6-9H2,1-5H3. The molecule has 1 N–H and O–H groups in total. The monoisotopic (exact) mass is 290 g/mol. The number of Topliss-reactive ketones (excluding diaryl/α,β-unsaturated/α-hetero) is 1. The molecule has 0 spiro atoms. The number of carbonyl (C=O) groups excluding carboxylic acids is 2. The van der Waals surface area contributed by atoms with Gasteiger partial charge in [-0.05, 0) is 45.1 Å². The molecule has 0 saturated heterocycles. The minimum absolute atomic E-state index is 0.00171. The summed E-state index contributed by atoms with van der Waals surface area (Å²) in [6.07, 6.45) is 4.70. The average Bonchev–Trinajstić information content (AvgIpc) is 2.73. The number of nitrogens with one attached hydrogen (secondary N) is 1. The van der Waals surface area contributed by atoms with Crippen molar-refractivity contribution in [2.45, 2.75) is 59.4 Å². The molecular formula is C17H26N2O2. The van der Waals surface area contributed by atoms with Gasteiger partial charge in [0, 0.05) is 24.3 Å². The van der Waals surface area contributed by atoms with Gasteiger partial charge in [-0.15, -0.1) is 0 Å². The van der Waals surface area contributed by atoms with E-state index in [1.165, 1.54) is 19.3 Å². The van der Waals surface area contributed by atoms with E-state index in [0.29, 0.717) is 23.2 Å². The van der Waals surface area contributed by atoms with Gasteiger partial charge in [0.1, 0.15) is 5.69 Å². The Bertz CT molecular complexity index is 559. The lowest BCUT2D eigenvalue weighted by Crippen LogP contribution is -2.43. The summed E-state index contributed by atoms with van der Waals surface area (Å²) in [5, 5.41) is 0. The number of hydrogen-bond acceptors (Lipinski definition) is 2. The Morgan fingerprint density at radius 1 is 1.19 bits per heavy atom. The summed E-state index contributed by atoms with van der Waals surface area (Å²) in [6, 6.07) is 0.301. The molecule has 2 atom stereocenters. The van der Waals surface area contributed by atoms with Gasteiger partial charge in [0.25, 0.3) is 5.91 Å². The van der Waals surface area contributed by atoms with Crippen LogP contribution in [0.15, 0.2) is 0 Å². The van der Waals surface area contributed by atoms with E-state index in [1.807, 2.05) is 25.8 Å². The quantitative estimate of drug-likeness (QED) is 0.866. The summed E-state index contributed by atoms with van der Waals surface area (Å²) in [5.41, 5.74) is 2.79. The Hall–Kier alpha value is -1.58. The van der Waals surface area contributed by atoms with Gasteiger partial charge in [-0.2, -0.15) is 0 Å². The second kappa shape index (κ2) is 6.04. The number of aromatic amines is 1. The van der Waals surface area contributed by atoms with E-state index in [4.69, 9.17) is 0 Å². The molecule has 21 heavy (non-hydrogen) atoms. The molecule has 4 heteroatoms. The minimum Gasteiger partial charge on any atom is -0.354 e. The van der Waals surface area contributed by atoms with Crippen LogP contribution in [0.25, 0.3) is 0 Å². The van der Waals surface area contributed by atoms with E-state index in [1.54, 1.807) is 6.92 Å². The average molecular weight is 290 g/mol. The highest BCUT2D eigenvalue weighted by molar-refractivity contribution is 6.02. The van der Waals surface area contributed by atoms with Crippen LogP contribution in [0.1, 0.15) is 71.6 Å². The molecule has 0 aromatic carbocycles. The van der Waals surface area contributed by atoms with E-state index in [2.05, 4.69) is 11.9 Å². The first-order valence-corrected chi connectivity index (χ1v) is 7.81. The van der Waals surface area contributed by atoms with Crippen molar-refractivity contribution in [3.05, 3.63) is 22.5 Å². The van der Waals surface area contributed by atoms with Gasteiger partial charge in [-0.1, -0.05) is 19.8 Å². The highest BCUT2D eigenvalue weighted by Gasteiger charge is 2.30. The topological polar surface area (TPSA) is 53.2 Å². The molecule has 2 unspecified atom stereocenters. The largest absolute Gasteiger partial charge is 0.354 e. The van der Waals surface area contributed by atoms with Gasteiger partial charge >= 0.3 is 0 Å². The number of amides is 1. The van der Waals surface area contributed by atoms with E-state index in [-0.39, 0.29) is 11.7 Å². The molecule has 1 aliphatic rings. The summed E-state index contributed by atoms with van der Waals surface area (Å²) in [5.74, 6) is 0.548. The Morgan fingerprint density at radius 3 is 2.33 bits per heavy atom. The molecule has 116 valence electrons. The molecular weight excluding hydrogens is 264 g/mol. The van der Waals surface area contributed by atoms with E-state index in [9.17, 15) is 9.59 Å². The van der Waals surface area contributed by atoms with Crippen LogP contribution in [0.4, 0.5) is 0 Å². The summed E-state index contributed by atoms with van der Waals surface area (Å²) >= 11 is 0. The molecule has 0 radical (unpaired) electrons. The zero-order chi connectivity index (χ0) is 15.7. The molecule has 1 aliphatic carbocycles. The van der Waals surface area contributed by atoms with Crippen molar-refractivity contribution in [1.29, 1.82) is 0 Å². The lowest BCUT2D eigenvalue weighted by Gasteiger charge is -2.36. The number of aryl methyl sites for hydroxylation is 1. The van der Waals surface area contributed by atoms with Crippen molar-refractivity contribution in [2.75, 3.05) is 7.05 Å². The molecule has 1 amide bonds. The van der Waals surface area contributed by atoms with Gasteiger partial charge in [0.15, 0.2) is 5.78 Å². The number of carbonyl (C=O) groups is 2. The van der Waals surface area contributed by atoms with E-state index in [0.717, 1.165) is 17.7 Å². The number of rotatable bonds is 3. The second-order valence-corrected chi connectivity index (χ2v) is 6.43. The van der Waals surface area contributed by atoms with Crippen LogP contribution in [-0.2, 0) is 0 Å². The van der Waals surface area contributed by atoms with Gasteiger partial charge < -0.3 is 9.88 Å². The lowest BCUT2D eigenvalue weighted by atomic mass is 9.85. The van der Waals surface area contributed by atoms with Crippen molar-refractivity contribution in [3.8, 4) is 0 Å². The van der Waals surface area contributed by atoms with E-state index >= 15 is 0 Å². The number of H-pyrrole nitrogens is 1. The Morgan fingerprint density at radius 2 is 1.81 bits per heavy atom. The van der Waals surface area contributed by atoms with Gasteiger partial charge in [-0.25, -0.2) is 0 Å². The second-order valence-electron chi connectivity index (χ2n) is 6.43. The Kier molecular flexibility index (Phi) is 4.55. The third-order valence-corrected chi connectivity index (χ3v) is 4.89. The Labute approximate surface area is 126 Å². The van der Waals surface area contributed by atoms with Crippen LogP contribution in [-0.4, -0.2) is 34.7 Å². The van der Waals surface area contributed by atoms with Crippen molar-refractivity contribution >= 4 is 11.7 Å². The third kappa shape index (κ3) is 2.89. The van der Waals surface area contributed by atoms with Crippen molar-refractivity contribution in [2.24, 2.45) is 5.92 Å². The maximum Gasteiger partial charge on any atom is 0.270 e. The number of nitrogens with zero attached hydrogens (tertiary/aromatic N) is 1. The fraction of sp³-hybridized carbons (Fsp3) is 0.647. The number of ketones is 1. The van der Waals surface area contributed by atoms with Gasteiger partial charge in [0.05, 0.1) is 0 Å². The highest BCUT2D eigenvalue weighted by atomic mass is 16.2. The van der Waals surface area contributed by atoms with Crippen LogP contribution in [0, 0.1) is 19.8 Å². The molecule has 2 rings (SSSR count). The summed E-state index contributed by atoms with van der Waals surface area (Å²) in [4.78, 5) is 29.5. The summed E-state index contributed by atoms with van der Waals surface area (Å²) in [7, 11) is 1.89. The summed E-state index contributed by atoms with van der Waals surface area (Å²) < 4.78 is 0. The van der Waals surface area contributed by atoms with E-state index < -0.39 is 0 Å². The SMILES string of the molecule is CC(=O)c1c(C)[nH]c(C(=O)N(C)C2CCCCC2C)c1C. The fourth-order valence-corrected chi connectivity index (χ4v) is 3.69. The van der Waals surface area contributed by atoms with Crippen molar-refractivity contribution < 1.29 is 9.59 Å². The van der Waals surface area contributed by atoms with Crippen LogP contribution >= 0.6 is 0 Å². The minimum atomic E-state index is 0.00171. The fourth-order valence-electron chi connectivity index (χ4n) is 3.69. The molecule has 1 saturated carbocycles. The zero-order valence-corrected chi connectivity index (χ0v) is 13.7. The molecule has 4 nitrogen and oxygen atoms in total. The molecule has 0 aliphatic heterocycles. The molecule has 1 heterocycles. The summed E-state index contributed by atoms with van der Waals surface area (Å²) in [6.45, 7) is 7.47. The number of aromatic nitrogens is 1. The van der Waals surface area contributed by atoms with Crippen molar-refractivity contribution in [3.63, 3.8) is 0 Å². The predicted octanol–water partition coefficient (Wildman–Crippen LogP) is 3.48. The van der Waals surface area contributed by atoms with Crippen LogP contribution in [0.5, 0.6) is 0 Å². The first-order valence-electron chi connectivity index (χ1n) is 7.81. The zero-order valence-electron chi connectivity index (χ0n) is 13.7. The highest BCUT2D eigenvalue weighted by Crippen LogP contribution is 2.29. The van der Waals surface area contributed by atoms with Crippen molar-refractivity contribution in [1.82, 2.24) is 9.88 Å². The molecule has 0 bridgehead atoms. The maximum atomic E-state index is 12.8. The number of hydrogen-bond donors (Lipinski definition) is 1. The third-order valence-electron chi connectivity index (χ3n) is 4.89. The van der Waals surface area contributed by atoms with Crippen LogP contribution in [0.2, 0.25) is 0 Å².